The first-order chi connectivity index (χ1) is 13.4. The lowest BCUT2D eigenvalue weighted by Gasteiger charge is -2.18. The van der Waals surface area contributed by atoms with Gasteiger partial charge in [-0.2, -0.15) is 4.80 Å². The van der Waals surface area contributed by atoms with Crippen LogP contribution in [0.5, 0.6) is 0 Å². The van der Waals surface area contributed by atoms with Crippen LogP contribution in [-0.4, -0.2) is 54.7 Å². The molecule has 2 unspecified atom stereocenters. The van der Waals surface area contributed by atoms with Gasteiger partial charge in [0.1, 0.15) is 24.3 Å². The summed E-state index contributed by atoms with van der Waals surface area (Å²) in [5.74, 6) is -0.381. The van der Waals surface area contributed by atoms with Crippen LogP contribution in [0.2, 0.25) is 0 Å². The minimum atomic E-state index is -0.986. The van der Waals surface area contributed by atoms with E-state index in [0.717, 1.165) is 12.1 Å². The SMILES string of the molecule is Cc1nnn(CC2CN(c3cc(F)c(C4=CCS(=O)CC4)c(F)c3)C(=O)O2)n1. The predicted octanol–water partition coefficient (Wildman–Crippen LogP) is 1.82. The number of allylic oxidation sites excluding steroid dienone is 1. The number of ether oxygens (including phenoxy) is 1. The van der Waals surface area contributed by atoms with Crippen molar-refractivity contribution in [2.45, 2.75) is 26.0 Å². The molecule has 3 heterocycles. The molecule has 0 spiro atoms. The number of halogens is 2. The molecule has 11 heteroatoms. The van der Waals surface area contributed by atoms with Crippen molar-refractivity contribution in [2.75, 3.05) is 23.0 Å². The highest BCUT2D eigenvalue weighted by Crippen LogP contribution is 2.32. The lowest BCUT2D eigenvalue weighted by atomic mass is 10.0. The number of hydrogen-bond acceptors (Lipinski definition) is 6. The summed E-state index contributed by atoms with van der Waals surface area (Å²) in [6.07, 6.45) is 0.690. The molecule has 1 fully saturated rings. The molecule has 1 saturated heterocycles. The maximum Gasteiger partial charge on any atom is 0.414 e. The van der Waals surface area contributed by atoms with E-state index in [0.29, 0.717) is 23.6 Å². The molecule has 1 amide bonds. The molecule has 8 nitrogen and oxygen atoms in total. The van der Waals surface area contributed by atoms with Gasteiger partial charge in [0.15, 0.2) is 5.82 Å². The van der Waals surface area contributed by atoms with E-state index in [1.54, 1.807) is 13.0 Å². The Hall–Kier alpha value is -2.69. The van der Waals surface area contributed by atoms with Gasteiger partial charge in [0.25, 0.3) is 0 Å². The number of benzene rings is 1. The molecule has 0 bridgehead atoms. The first-order valence-electron chi connectivity index (χ1n) is 8.66. The van der Waals surface area contributed by atoms with Crippen molar-refractivity contribution < 1.29 is 22.5 Å². The van der Waals surface area contributed by atoms with Gasteiger partial charge in [0.05, 0.1) is 12.2 Å². The zero-order valence-corrected chi connectivity index (χ0v) is 15.8. The van der Waals surface area contributed by atoms with Gasteiger partial charge in [-0.25, -0.2) is 13.6 Å². The maximum absolute atomic E-state index is 14.7. The number of rotatable bonds is 4. The van der Waals surface area contributed by atoms with E-state index in [4.69, 9.17) is 4.74 Å². The Labute approximate surface area is 161 Å². The Morgan fingerprint density at radius 3 is 2.68 bits per heavy atom. The summed E-state index contributed by atoms with van der Waals surface area (Å²) in [6.45, 7) is 1.98. The molecule has 1 aromatic carbocycles. The number of carbonyl (C=O) groups excluding carboxylic acids is 1. The Morgan fingerprint density at radius 2 is 2.07 bits per heavy atom. The number of amides is 1. The third kappa shape index (κ3) is 3.66. The summed E-state index contributed by atoms with van der Waals surface area (Å²) in [6, 6.07) is 2.23. The van der Waals surface area contributed by atoms with E-state index < -0.39 is 34.6 Å². The lowest BCUT2D eigenvalue weighted by molar-refractivity contribution is 0.126. The fourth-order valence-electron chi connectivity index (χ4n) is 3.26. The van der Waals surface area contributed by atoms with Gasteiger partial charge in [-0.1, -0.05) is 6.08 Å². The maximum atomic E-state index is 14.7. The standard InChI is InChI=1S/C17H17F2N5O3S/c1-10-20-22-24(21-10)9-13-8-23(17(25)27-13)12-6-14(18)16(15(19)7-12)11-2-4-28(26)5-3-11/h2,6-7,13H,3-5,8-9H2,1H3. The second kappa shape index (κ2) is 7.38. The number of aryl methyl sites for hydroxylation is 1. The van der Waals surface area contributed by atoms with E-state index in [1.807, 2.05) is 0 Å². The summed E-state index contributed by atoms with van der Waals surface area (Å²) in [5.41, 5.74) is 0.441. The van der Waals surface area contributed by atoms with Crippen molar-refractivity contribution in [1.82, 2.24) is 20.2 Å². The molecule has 1 aromatic heterocycles. The second-order valence-corrected chi connectivity index (χ2v) is 8.20. The molecule has 148 valence electrons. The van der Waals surface area contributed by atoms with Crippen LogP contribution in [0, 0.1) is 18.6 Å². The van der Waals surface area contributed by atoms with Gasteiger partial charge in [-0.3, -0.25) is 9.11 Å². The van der Waals surface area contributed by atoms with Crippen LogP contribution in [0.1, 0.15) is 17.8 Å². The summed E-state index contributed by atoms with van der Waals surface area (Å²) >= 11 is 0. The molecule has 0 aliphatic carbocycles. The molecule has 4 rings (SSSR count). The van der Waals surface area contributed by atoms with Crippen LogP contribution in [0.4, 0.5) is 19.3 Å². The molecule has 2 atom stereocenters. The van der Waals surface area contributed by atoms with Gasteiger partial charge >= 0.3 is 6.09 Å². The van der Waals surface area contributed by atoms with Crippen LogP contribution in [0.25, 0.3) is 5.57 Å². The number of tetrazole rings is 1. The van der Waals surface area contributed by atoms with Gasteiger partial charge in [-0.05, 0) is 36.3 Å². The van der Waals surface area contributed by atoms with E-state index in [-0.39, 0.29) is 30.1 Å². The zero-order valence-electron chi connectivity index (χ0n) is 15.0. The third-order valence-electron chi connectivity index (χ3n) is 4.57. The molecule has 2 aliphatic heterocycles. The minimum Gasteiger partial charge on any atom is -0.442 e. The Morgan fingerprint density at radius 1 is 1.32 bits per heavy atom. The second-order valence-electron chi connectivity index (χ2n) is 6.58. The van der Waals surface area contributed by atoms with Crippen molar-refractivity contribution in [3.63, 3.8) is 0 Å². The number of carbonyl (C=O) groups is 1. The number of aromatic nitrogens is 4. The fraction of sp³-hybridized carbons (Fsp3) is 0.412. The molecule has 0 saturated carbocycles. The van der Waals surface area contributed by atoms with E-state index in [1.165, 1.54) is 9.70 Å². The number of anilines is 1. The van der Waals surface area contributed by atoms with Crippen molar-refractivity contribution in [3.05, 3.63) is 41.2 Å². The van der Waals surface area contributed by atoms with Crippen LogP contribution in [0.3, 0.4) is 0 Å². The molecule has 2 aromatic rings. The van der Waals surface area contributed by atoms with E-state index >= 15 is 0 Å². The van der Waals surface area contributed by atoms with Gasteiger partial charge in [0.2, 0.25) is 0 Å². The van der Waals surface area contributed by atoms with Crippen molar-refractivity contribution in [1.29, 1.82) is 0 Å². The Bertz CT molecular complexity index is 970. The zero-order chi connectivity index (χ0) is 19.8. The quantitative estimate of drug-likeness (QED) is 0.765. The highest BCUT2D eigenvalue weighted by Gasteiger charge is 2.34. The molecule has 2 aliphatic rings. The van der Waals surface area contributed by atoms with Crippen LogP contribution in [0.15, 0.2) is 18.2 Å². The van der Waals surface area contributed by atoms with Crippen LogP contribution in [-0.2, 0) is 22.1 Å². The van der Waals surface area contributed by atoms with Crippen molar-refractivity contribution >= 4 is 28.2 Å². The van der Waals surface area contributed by atoms with Gasteiger partial charge in [0, 0.05) is 27.9 Å². The largest absolute Gasteiger partial charge is 0.442 e. The molecule has 0 radical (unpaired) electrons. The fourth-order valence-corrected chi connectivity index (χ4v) is 4.26. The summed E-state index contributed by atoms with van der Waals surface area (Å²) in [4.78, 5) is 14.7. The minimum absolute atomic E-state index is 0.0777. The average molecular weight is 409 g/mol. The summed E-state index contributed by atoms with van der Waals surface area (Å²) < 4.78 is 46.0. The van der Waals surface area contributed by atoms with Crippen LogP contribution < -0.4 is 4.90 Å². The lowest BCUT2D eigenvalue weighted by Crippen LogP contribution is -2.27. The van der Waals surface area contributed by atoms with Crippen molar-refractivity contribution in [2.24, 2.45) is 0 Å². The average Bonchev–Trinajstić information content (AvgIpc) is 3.21. The molecular formula is C17H17F2N5O3S. The summed E-state index contributed by atoms with van der Waals surface area (Å²) in [5, 5.41) is 11.6. The molecule has 28 heavy (non-hydrogen) atoms. The third-order valence-corrected chi connectivity index (χ3v) is 5.77. The predicted molar refractivity (Wildman–Crippen MR) is 97.0 cm³/mol. The smallest absolute Gasteiger partial charge is 0.414 e. The highest BCUT2D eigenvalue weighted by atomic mass is 32.2. The monoisotopic (exact) mass is 409 g/mol. The molecular weight excluding hydrogens is 392 g/mol. The molecule has 0 N–H and O–H groups in total. The Balaban J connectivity index is 1.54. The first kappa shape index (κ1) is 18.7. The summed E-state index contributed by atoms with van der Waals surface area (Å²) in [7, 11) is -0.986. The van der Waals surface area contributed by atoms with E-state index in [2.05, 4.69) is 15.4 Å². The normalized spacial score (nSPS) is 22.3. The topological polar surface area (TPSA) is 90.2 Å². The van der Waals surface area contributed by atoms with Crippen LogP contribution >= 0.6 is 0 Å². The number of hydrogen-bond donors (Lipinski definition) is 0. The first-order valence-corrected chi connectivity index (χ1v) is 10.2. The highest BCUT2D eigenvalue weighted by molar-refractivity contribution is 7.85. The van der Waals surface area contributed by atoms with Crippen molar-refractivity contribution in [3.8, 4) is 0 Å². The van der Waals surface area contributed by atoms with E-state index in [9.17, 15) is 17.8 Å². The number of nitrogens with zero attached hydrogens (tertiary/aromatic N) is 5. The Kier molecular flexibility index (Phi) is 4.92. The van der Waals surface area contributed by atoms with Gasteiger partial charge in [-0.15, -0.1) is 10.2 Å². The number of cyclic esters (lactones) is 1. The van der Waals surface area contributed by atoms with Gasteiger partial charge < -0.3 is 4.74 Å².